The molecule has 1 aromatic carbocycles. The average Bonchev–Trinajstić information content (AvgIpc) is 3.41. The Hall–Kier alpha value is -3.33. The predicted molar refractivity (Wildman–Crippen MR) is 121 cm³/mol. The summed E-state index contributed by atoms with van der Waals surface area (Å²) in [4.78, 5) is 21.2. The fraction of sp³-hybridized carbons (Fsp3) is 0.333. The van der Waals surface area contributed by atoms with Gasteiger partial charge in [0.15, 0.2) is 5.96 Å². The van der Waals surface area contributed by atoms with E-state index in [9.17, 15) is 4.79 Å². The third kappa shape index (κ3) is 4.88. The lowest BCUT2D eigenvalue weighted by molar-refractivity contribution is -0.120. The first-order valence-corrected chi connectivity index (χ1v) is 10.5. The number of hydrogen-bond acceptors (Lipinski definition) is 4. The number of hydrogen-bond donors (Lipinski definition) is 1. The number of amides is 1. The first-order chi connectivity index (χ1) is 15.0. The maximum atomic E-state index is 12.7. The molecule has 1 aliphatic rings. The maximum absolute atomic E-state index is 12.7. The van der Waals surface area contributed by atoms with Gasteiger partial charge in [-0.2, -0.15) is 10.2 Å². The minimum atomic E-state index is 0.0282. The highest BCUT2D eigenvalue weighted by atomic mass is 35.5. The van der Waals surface area contributed by atoms with Gasteiger partial charge in [-0.15, -0.1) is 0 Å². The van der Waals surface area contributed by atoms with Crippen molar-refractivity contribution in [2.45, 2.75) is 13.5 Å². The van der Waals surface area contributed by atoms with Crippen LogP contribution < -0.4 is 10.2 Å². The van der Waals surface area contributed by atoms with E-state index in [1.807, 2.05) is 55.5 Å². The molecule has 1 saturated heterocycles. The van der Waals surface area contributed by atoms with Crippen LogP contribution in [0.5, 0.6) is 0 Å². The Bertz CT molecular complexity index is 1070. The number of anilines is 1. The van der Waals surface area contributed by atoms with Crippen LogP contribution in [0.3, 0.4) is 0 Å². The number of aliphatic imine (C=N–C) groups is 1. The maximum Gasteiger partial charge on any atom is 0.246 e. The molecule has 1 amide bonds. The first kappa shape index (κ1) is 20.9. The molecule has 0 atom stereocenters. The van der Waals surface area contributed by atoms with E-state index in [4.69, 9.17) is 16.6 Å². The molecule has 1 fully saturated rings. The number of guanidine groups is 1. The highest BCUT2D eigenvalue weighted by Gasteiger charge is 2.27. The van der Waals surface area contributed by atoms with Gasteiger partial charge in [0.2, 0.25) is 5.91 Å². The third-order valence-corrected chi connectivity index (χ3v) is 5.25. The molecule has 10 heteroatoms. The number of aryl methyl sites for hydroxylation is 1. The van der Waals surface area contributed by atoms with Crippen LogP contribution in [0, 0.1) is 0 Å². The van der Waals surface area contributed by atoms with Gasteiger partial charge in [0, 0.05) is 49.7 Å². The van der Waals surface area contributed by atoms with Crippen molar-refractivity contribution < 1.29 is 4.79 Å². The number of carbonyl (C=O) groups is 1. The normalized spacial score (nSPS) is 14.9. The molecule has 0 saturated carbocycles. The summed E-state index contributed by atoms with van der Waals surface area (Å²) < 4.78 is 3.50. The van der Waals surface area contributed by atoms with Crippen LogP contribution in [0.25, 0.3) is 5.69 Å². The fourth-order valence-electron chi connectivity index (χ4n) is 3.44. The van der Waals surface area contributed by atoms with Crippen molar-refractivity contribution in [3.05, 3.63) is 59.6 Å². The smallest absolute Gasteiger partial charge is 0.246 e. The number of halogens is 1. The summed E-state index contributed by atoms with van der Waals surface area (Å²) in [6.45, 7) is 4.75. The first-order valence-electron chi connectivity index (χ1n) is 10.1. The molecule has 31 heavy (non-hydrogen) atoms. The molecule has 0 radical (unpaired) electrons. The van der Waals surface area contributed by atoms with E-state index in [1.54, 1.807) is 26.7 Å². The number of aromatic nitrogens is 4. The molecule has 0 spiro atoms. The summed E-state index contributed by atoms with van der Waals surface area (Å²) in [5.74, 6) is 0.751. The quantitative estimate of drug-likeness (QED) is 0.485. The molecular weight excluding hydrogens is 416 g/mol. The second-order valence-corrected chi connectivity index (χ2v) is 7.72. The Morgan fingerprint density at radius 1 is 1.13 bits per heavy atom. The van der Waals surface area contributed by atoms with E-state index in [0.717, 1.165) is 29.4 Å². The van der Waals surface area contributed by atoms with Crippen molar-refractivity contribution in [3.8, 4) is 5.69 Å². The summed E-state index contributed by atoms with van der Waals surface area (Å²) >= 11 is 5.96. The molecule has 162 valence electrons. The Kier molecular flexibility index (Phi) is 6.22. The highest BCUT2D eigenvalue weighted by Crippen LogP contribution is 2.17. The molecule has 4 rings (SSSR count). The minimum Gasteiger partial charge on any atom is -0.356 e. The zero-order valence-corrected chi connectivity index (χ0v) is 18.3. The van der Waals surface area contributed by atoms with Crippen LogP contribution in [-0.2, 0) is 18.4 Å². The number of carbonyl (C=O) groups excluding carboxylic acids is 1. The van der Waals surface area contributed by atoms with Crippen LogP contribution in [0.15, 0.2) is 54.0 Å². The second-order valence-electron chi connectivity index (χ2n) is 7.28. The van der Waals surface area contributed by atoms with Gasteiger partial charge in [0.25, 0.3) is 0 Å². The Labute approximate surface area is 185 Å². The lowest BCUT2D eigenvalue weighted by atomic mass is 10.3. The molecule has 0 unspecified atom stereocenters. The summed E-state index contributed by atoms with van der Waals surface area (Å²) in [5, 5.41) is 12.6. The van der Waals surface area contributed by atoms with E-state index >= 15 is 0 Å². The zero-order valence-electron chi connectivity index (χ0n) is 17.6. The molecule has 0 bridgehead atoms. The number of benzene rings is 1. The second kappa shape index (κ2) is 9.22. The lowest BCUT2D eigenvalue weighted by Crippen LogP contribution is -2.55. The standard InChI is InChI=1S/C21H25ClN8O/c1-3-23-21(28-8-9-29(20(31)15-28)19-12-25-27(2)14-19)24-10-16-11-26-30(13-16)18-6-4-17(22)5-7-18/h4-7,11-14H,3,8-10,15H2,1-2H3,(H,23,24). The molecule has 1 N–H and O–H groups in total. The van der Waals surface area contributed by atoms with Crippen LogP contribution in [0.2, 0.25) is 5.02 Å². The lowest BCUT2D eigenvalue weighted by Gasteiger charge is -2.35. The Balaban J connectivity index is 1.43. The largest absolute Gasteiger partial charge is 0.356 e. The molecule has 3 aromatic rings. The molecule has 0 aliphatic carbocycles. The summed E-state index contributed by atoms with van der Waals surface area (Å²) in [5.41, 5.74) is 2.73. The molecule has 1 aliphatic heterocycles. The van der Waals surface area contributed by atoms with E-state index in [-0.39, 0.29) is 12.5 Å². The van der Waals surface area contributed by atoms with Crippen molar-refractivity contribution in [2.75, 3.05) is 31.1 Å². The fourth-order valence-corrected chi connectivity index (χ4v) is 3.57. The molecule has 2 aromatic heterocycles. The highest BCUT2D eigenvalue weighted by molar-refractivity contribution is 6.30. The van der Waals surface area contributed by atoms with Gasteiger partial charge < -0.3 is 15.1 Å². The summed E-state index contributed by atoms with van der Waals surface area (Å²) in [6.07, 6.45) is 7.31. The number of piperazine rings is 1. The third-order valence-electron chi connectivity index (χ3n) is 5.00. The van der Waals surface area contributed by atoms with Crippen LogP contribution in [-0.4, -0.2) is 62.5 Å². The SMILES string of the molecule is CCNC(=NCc1cnn(-c2ccc(Cl)cc2)c1)N1CCN(c2cnn(C)c2)C(=O)C1. The van der Waals surface area contributed by atoms with E-state index in [1.165, 1.54) is 0 Å². The minimum absolute atomic E-state index is 0.0282. The average molecular weight is 441 g/mol. The van der Waals surface area contributed by atoms with Crippen molar-refractivity contribution >= 4 is 29.2 Å². The topological polar surface area (TPSA) is 83.6 Å². The van der Waals surface area contributed by atoms with E-state index in [2.05, 4.69) is 15.5 Å². The number of nitrogens with one attached hydrogen (secondary N) is 1. The van der Waals surface area contributed by atoms with Gasteiger partial charge in [-0.1, -0.05) is 11.6 Å². The van der Waals surface area contributed by atoms with Crippen LogP contribution in [0.1, 0.15) is 12.5 Å². The predicted octanol–water partition coefficient (Wildman–Crippen LogP) is 2.07. The Morgan fingerprint density at radius 2 is 1.94 bits per heavy atom. The van der Waals surface area contributed by atoms with Crippen molar-refractivity contribution in [1.29, 1.82) is 0 Å². The summed E-state index contributed by atoms with van der Waals surface area (Å²) in [6, 6.07) is 7.50. The van der Waals surface area contributed by atoms with Gasteiger partial charge >= 0.3 is 0 Å². The monoisotopic (exact) mass is 440 g/mol. The van der Waals surface area contributed by atoms with Crippen molar-refractivity contribution in [1.82, 2.24) is 29.8 Å². The molecule has 9 nitrogen and oxygen atoms in total. The Morgan fingerprint density at radius 3 is 2.61 bits per heavy atom. The molecule has 3 heterocycles. The zero-order chi connectivity index (χ0) is 21.8. The van der Waals surface area contributed by atoms with Gasteiger partial charge in [-0.05, 0) is 31.2 Å². The van der Waals surface area contributed by atoms with Gasteiger partial charge in [-0.25, -0.2) is 9.67 Å². The number of nitrogens with zero attached hydrogens (tertiary/aromatic N) is 7. The summed E-state index contributed by atoms with van der Waals surface area (Å²) in [7, 11) is 1.84. The number of rotatable bonds is 5. The van der Waals surface area contributed by atoms with E-state index in [0.29, 0.717) is 24.7 Å². The van der Waals surface area contributed by atoms with Crippen LogP contribution >= 0.6 is 11.6 Å². The van der Waals surface area contributed by atoms with Gasteiger partial charge in [0.1, 0.15) is 6.54 Å². The van der Waals surface area contributed by atoms with Gasteiger partial charge in [0.05, 0.1) is 30.3 Å². The van der Waals surface area contributed by atoms with Crippen LogP contribution in [0.4, 0.5) is 5.69 Å². The molecular formula is C21H25ClN8O. The van der Waals surface area contributed by atoms with Crippen molar-refractivity contribution in [3.63, 3.8) is 0 Å². The van der Waals surface area contributed by atoms with Gasteiger partial charge in [-0.3, -0.25) is 9.48 Å². The van der Waals surface area contributed by atoms with E-state index < -0.39 is 0 Å². The van der Waals surface area contributed by atoms with Crippen molar-refractivity contribution in [2.24, 2.45) is 12.0 Å².